The fraction of sp³-hybridized carbons (Fsp3) is 0.429. The van der Waals surface area contributed by atoms with Crippen LogP contribution in [0.15, 0.2) is 48.8 Å². The molecule has 0 radical (unpaired) electrons. The average Bonchev–Trinajstić information content (AvgIpc) is 2.67. The standard InChI is InChI=1S/C21H26N2O3/c24-21(25)10-7-17-4-2-12-23(14-17)15-18-5-8-20(9-6-18)26-16-19-3-1-11-22-13-19/h1,3,5-6,8-9,11,13,17H,2,4,7,10,12,14-16H2,(H,24,25). The Kier molecular flexibility index (Phi) is 6.61. The molecule has 5 nitrogen and oxygen atoms in total. The topological polar surface area (TPSA) is 62.7 Å². The van der Waals surface area contributed by atoms with Crippen LogP contribution in [0.4, 0.5) is 0 Å². The summed E-state index contributed by atoms with van der Waals surface area (Å²) in [6.45, 7) is 3.51. The van der Waals surface area contributed by atoms with E-state index >= 15 is 0 Å². The fourth-order valence-corrected chi connectivity index (χ4v) is 3.46. The zero-order valence-corrected chi connectivity index (χ0v) is 15.0. The first-order chi connectivity index (χ1) is 12.7. The third kappa shape index (κ3) is 5.85. The number of carboxylic acid groups (broad SMARTS) is 1. The van der Waals surface area contributed by atoms with Crippen LogP contribution in [0, 0.1) is 5.92 Å². The van der Waals surface area contributed by atoms with Crippen LogP contribution < -0.4 is 4.74 Å². The highest BCUT2D eigenvalue weighted by molar-refractivity contribution is 5.66. The smallest absolute Gasteiger partial charge is 0.303 e. The number of carbonyl (C=O) groups is 1. The lowest BCUT2D eigenvalue weighted by molar-refractivity contribution is -0.137. The number of hydrogen-bond donors (Lipinski definition) is 1. The van der Waals surface area contributed by atoms with Gasteiger partial charge in [-0.2, -0.15) is 0 Å². The normalized spacial score (nSPS) is 17.8. The Hall–Kier alpha value is -2.40. The van der Waals surface area contributed by atoms with Crippen LogP contribution in [0.25, 0.3) is 0 Å². The predicted octanol–water partition coefficient (Wildman–Crippen LogP) is 3.74. The SMILES string of the molecule is O=C(O)CCC1CCCN(Cc2ccc(OCc3cccnc3)cc2)C1. The van der Waals surface area contributed by atoms with E-state index in [0.29, 0.717) is 12.5 Å². The molecule has 2 heterocycles. The quantitative estimate of drug-likeness (QED) is 0.782. The molecule has 1 aromatic carbocycles. The number of aromatic nitrogens is 1. The molecule has 5 heteroatoms. The number of rotatable bonds is 8. The molecule has 0 bridgehead atoms. The molecule has 1 atom stereocenters. The molecule has 2 aromatic rings. The maximum Gasteiger partial charge on any atom is 0.303 e. The minimum Gasteiger partial charge on any atom is -0.489 e. The van der Waals surface area contributed by atoms with Crippen LogP contribution in [0.2, 0.25) is 0 Å². The third-order valence-corrected chi connectivity index (χ3v) is 4.83. The largest absolute Gasteiger partial charge is 0.489 e. The van der Waals surface area contributed by atoms with Gasteiger partial charge in [-0.05, 0) is 55.5 Å². The molecule has 1 aliphatic rings. The van der Waals surface area contributed by atoms with Crippen LogP contribution in [-0.2, 0) is 17.9 Å². The number of piperidine rings is 1. The van der Waals surface area contributed by atoms with E-state index in [9.17, 15) is 4.79 Å². The third-order valence-electron chi connectivity index (χ3n) is 4.83. The Bertz CT molecular complexity index is 688. The van der Waals surface area contributed by atoms with Crippen LogP contribution in [0.1, 0.15) is 36.8 Å². The van der Waals surface area contributed by atoms with Gasteiger partial charge in [-0.1, -0.05) is 18.2 Å². The van der Waals surface area contributed by atoms with Crippen molar-refractivity contribution in [3.63, 3.8) is 0 Å². The van der Waals surface area contributed by atoms with Crippen molar-refractivity contribution >= 4 is 5.97 Å². The monoisotopic (exact) mass is 354 g/mol. The first-order valence-corrected chi connectivity index (χ1v) is 9.24. The number of aliphatic carboxylic acids is 1. The van der Waals surface area contributed by atoms with Gasteiger partial charge in [0, 0.05) is 37.5 Å². The molecule has 0 spiro atoms. The lowest BCUT2D eigenvalue weighted by Gasteiger charge is -2.32. The Morgan fingerprint density at radius 3 is 2.81 bits per heavy atom. The summed E-state index contributed by atoms with van der Waals surface area (Å²) in [4.78, 5) is 17.3. The van der Waals surface area contributed by atoms with Gasteiger partial charge in [0.25, 0.3) is 0 Å². The van der Waals surface area contributed by atoms with E-state index < -0.39 is 5.97 Å². The van der Waals surface area contributed by atoms with E-state index in [4.69, 9.17) is 9.84 Å². The lowest BCUT2D eigenvalue weighted by atomic mass is 9.93. The summed E-state index contributed by atoms with van der Waals surface area (Å²) in [5.41, 5.74) is 2.31. The van der Waals surface area contributed by atoms with Crippen LogP contribution in [0.5, 0.6) is 5.75 Å². The van der Waals surface area contributed by atoms with Gasteiger partial charge < -0.3 is 9.84 Å². The zero-order chi connectivity index (χ0) is 18.2. The second-order valence-corrected chi connectivity index (χ2v) is 6.97. The van der Waals surface area contributed by atoms with Crippen molar-refractivity contribution in [2.45, 2.75) is 38.8 Å². The highest BCUT2D eigenvalue weighted by atomic mass is 16.5. The number of carboxylic acids is 1. The molecule has 1 saturated heterocycles. The summed E-state index contributed by atoms with van der Waals surface area (Å²) in [7, 11) is 0. The number of hydrogen-bond acceptors (Lipinski definition) is 4. The second-order valence-electron chi connectivity index (χ2n) is 6.97. The molecule has 3 rings (SSSR count). The molecule has 1 N–H and O–H groups in total. The number of benzene rings is 1. The summed E-state index contributed by atoms with van der Waals surface area (Å²) in [6, 6.07) is 12.1. The van der Waals surface area contributed by atoms with Crippen molar-refractivity contribution in [2.75, 3.05) is 13.1 Å². The van der Waals surface area contributed by atoms with Gasteiger partial charge in [-0.3, -0.25) is 14.7 Å². The van der Waals surface area contributed by atoms with E-state index in [1.165, 1.54) is 5.56 Å². The van der Waals surface area contributed by atoms with Crippen molar-refractivity contribution in [3.05, 3.63) is 59.9 Å². The van der Waals surface area contributed by atoms with Crippen molar-refractivity contribution in [1.82, 2.24) is 9.88 Å². The van der Waals surface area contributed by atoms with Crippen LogP contribution in [-0.4, -0.2) is 34.0 Å². The van der Waals surface area contributed by atoms with Gasteiger partial charge in [0.1, 0.15) is 12.4 Å². The molecule has 0 saturated carbocycles. The summed E-state index contributed by atoms with van der Waals surface area (Å²) < 4.78 is 5.80. The number of likely N-dealkylation sites (tertiary alicyclic amines) is 1. The van der Waals surface area contributed by atoms with Crippen molar-refractivity contribution in [3.8, 4) is 5.75 Å². The van der Waals surface area contributed by atoms with E-state index in [1.54, 1.807) is 6.20 Å². The summed E-state index contributed by atoms with van der Waals surface area (Å²) >= 11 is 0. The van der Waals surface area contributed by atoms with Gasteiger partial charge >= 0.3 is 5.97 Å². The van der Waals surface area contributed by atoms with Crippen LogP contribution >= 0.6 is 0 Å². The minimum atomic E-state index is -0.691. The second kappa shape index (κ2) is 9.34. The number of ether oxygens (including phenoxy) is 1. The fourth-order valence-electron chi connectivity index (χ4n) is 3.46. The lowest BCUT2D eigenvalue weighted by Crippen LogP contribution is -2.35. The summed E-state index contributed by atoms with van der Waals surface area (Å²) in [5, 5.41) is 8.86. The van der Waals surface area contributed by atoms with Gasteiger partial charge in [0.15, 0.2) is 0 Å². The average molecular weight is 354 g/mol. The van der Waals surface area contributed by atoms with Gasteiger partial charge in [0.05, 0.1) is 0 Å². The van der Waals surface area contributed by atoms with Gasteiger partial charge in [-0.15, -0.1) is 0 Å². The predicted molar refractivity (Wildman–Crippen MR) is 99.9 cm³/mol. The number of nitrogens with zero attached hydrogens (tertiary/aromatic N) is 2. The van der Waals surface area contributed by atoms with Gasteiger partial charge in [0.2, 0.25) is 0 Å². The van der Waals surface area contributed by atoms with Crippen molar-refractivity contribution < 1.29 is 14.6 Å². The van der Waals surface area contributed by atoms with Crippen LogP contribution in [0.3, 0.4) is 0 Å². The molecule has 0 aliphatic carbocycles. The van der Waals surface area contributed by atoms with E-state index in [0.717, 1.165) is 50.2 Å². The first kappa shape index (κ1) is 18.4. The first-order valence-electron chi connectivity index (χ1n) is 9.24. The molecule has 0 amide bonds. The molecule has 1 fully saturated rings. The van der Waals surface area contributed by atoms with Crippen molar-refractivity contribution in [2.24, 2.45) is 5.92 Å². The Morgan fingerprint density at radius 2 is 2.08 bits per heavy atom. The summed E-state index contributed by atoms with van der Waals surface area (Å²) in [5.74, 6) is 0.668. The molecular weight excluding hydrogens is 328 g/mol. The maximum atomic E-state index is 10.8. The maximum absolute atomic E-state index is 10.8. The molecule has 1 unspecified atom stereocenters. The molecular formula is C21H26N2O3. The van der Waals surface area contributed by atoms with E-state index in [1.807, 2.05) is 30.5 Å². The molecule has 26 heavy (non-hydrogen) atoms. The van der Waals surface area contributed by atoms with Gasteiger partial charge in [-0.25, -0.2) is 0 Å². The highest BCUT2D eigenvalue weighted by Gasteiger charge is 2.20. The Labute approximate surface area is 154 Å². The van der Waals surface area contributed by atoms with Crippen molar-refractivity contribution in [1.29, 1.82) is 0 Å². The van der Waals surface area contributed by atoms with E-state index in [2.05, 4.69) is 22.0 Å². The Balaban J connectivity index is 1.47. The Morgan fingerprint density at radius 1 is 1.23 bits per heavy atom. The molecule has 1 aromatic heterocycles. The molecule has 138 valence electrons. The summed E-state index contributed by atoms with van der Waals surface area (Å²) in [6.07, 6.45) is 6.92. The molecule has 1 aliphatic heterocycles. The minimum absolute atomic E-state index is 0.279. The number of pyridine rings is 1. The van der Waals surface area contributed by atoms with E-state index in [-0.39, 0.29) is 6.42 Å². The zero-order valence-electron chi connectivity index (χ0n) is 15.0. The highest BCUT2D eigenvalue weighted by Crippen LogP contribution is 2.23.